The van der Waals surface area contributed by atoms with Crippen molar-refractivity contribution in [3.63, 3.8) is 0 Å². The minimum absolute atomic E-state index is 0.0182. The molecule has 6 heteroatoms. The highest BCUT2D eigenvalue weighted by Crippen LogP contribution is 2.25. The quantitative estimate of drug-likeness (QED) is 0.691. The Labute approximate surface area is 170 Å². The summed E-state index contributed by atoms with van der Waals surface area (Å²) in [6, 6.07) is 18.6. The van der Waals surface area contributed by atoms with Crippen LogP contribution in [0.25, 0.3) is 11.3 Å². The molecule has 3 aromatic rings. The minimum atomic E-state index is -0.297. The maximum absolute atomic E-state index is 12.7. The Morgan fingerprint density at radius 3 is 2.55 bits per heavy atom. The molecule has 0 fully saturated rings. The molecule has 0 saturated carbocycles. The molecule has 0 atom stereocenters. The van der Waals surface area contributed by atoms with Gasteiger partial charge in [0, 0.05) is 18.3 Å². The van der Waals surface area contributed by atoms with E-state index in [9.17, 15) is 10.1 Å². The van der Waals surface area contributed by atoms with Crippen LogP contribution in [0, 0.1) is 16.7 Å². The fourth-order valence-corrected chi connectivity index (χ4v) is 2.74. The lowest BCUT2D eigenvalue weighted by Gasteiger charge is -2.19. The van der Waals surface area contributed by atoms with Gasteiger partial charge in [-0.1, -0.05) is 51.1 Å². The molecule has 0 spiro atoms. The second kappa shape index (κ2) is 8.19. The Morgan fingerprint density at radius 1 is 1.17 bits per heavy atom. The second-order valence-corrected chi connectivity index (χ2v) is 8.03. The summed E-state index contributed by atoms with van der Waals surface area (Å²) in [5, 5.41) is 16.7. The van der Waals surface area contributed by atoms with E-state index in [0.29, 0.717) is 29.3 Å². The molecule has 1 N–H and O–H groups in total. The number of hydrogen-bond acceptors (Lipinski definition) is 4. The Hall–Kier alpha value is -3.59. The topological polar surface area (TPSA) is 79.9 Å². The summed E-state index contributed by atoms with van der Waals surface area (Å²) in [4.78, 5) is 12.7. The van der Waals surface area contributed by atoms with Crippen LogP contribution in [0.15, 0.2) is 54.6 Å². The number of nitrogens with one attached hydrogen (secondary N) is 1. The van der Waals surface area contributed by atoms with Crippen LogP contribution in [0.5, 0.6) is 5.75 Å². The summed E-state index contributed by atoms with van der Waals surface area (Å²) in [5.41, 5.74) is 2.97. The first-order chi connectivity index (χ1) is 13.8. The fourth-order valence-electron chi connectivity index (χ4n) is 2.74. The summed E-state index contributed by atoms with van der Waals surface area (Å²) in [5.74, 6) is 0.210. The van der Waals surface area contributed by atoms with Gasteiger partial charge in [0.2, 0.25) is 0 Å². The number of nitrogens with zero attached hydrogens (tertiary/aromatic N) is 3. The van der Waals surface area contributed by atoms with Crippen molar-refractivity contribution in [2.75, 3.05) is 11.9 Å². The molecule has 0 aliphatic rings. The first-order valence-electron chi connectivity index (χ1n) is 9.34. The number of aryl methyl sites for hydroxylation is 1. The van der Waals surface area contributed by atoms with Crippen molar-refractivity contribution < 1.29 is 9.53 Å². The van der Waals surface area contributed by atoms with Gasteiger partial charge in [0.15, 0.2) is 0 Å². The first kappa shape index (κ1) is 20.2. The van der Waals surface area contributed by atoms with Crippen molar-refractivity contribution >= 4 is 11.6 Å². The standard InChI is InChI=1S/C23H24N4O2/c1-23(2,3)15-29-21-11-10-18(12-17(21)14-24)25-22(28)20-13-19(26-27(20)4)16-8-6-5-7-9-16/h5-13H,15H2,1-4H3,(H,25,28). The molecule has 2 aromatic carbocycles. The van der Waals surface area contributed by atoms with E-state index >= 15 is 0 Å². The SMILES string of the molecule is Cn1nc(-c2ccccc2)cc1C(=O)Nc1ccc(OCC(C)(C)C)c(C#N)c1. The number of carbonyl (C=O) groups is 1. The highest BCUT2D eigenvalue weighted by molar-refractivity contribution is 6.03. The van der Waals surface area contributed by atoms with Gasteiger partial charge < -0.3 is 10.1 Å². The zero-order chi connectivity index (χ0) is 21.0. The van der Waals surface area contributed by atoms with Crippen LogP contribution in [0.4, 0.5) is 5.69 Å². The van der Waals surface area contributed by atoms with Gasteiger partial charge >= 0.3 is 0 Å². The van der Waals surface area contributed by atoms with E-state index in [1.807, 2.05) is 30.3 Å². The lowest BCUT2D eigenvalue weighted by atomic mass is 9.98. The lowest BCUT2D eigenvalue weighted by molar-refractivity contribution is 0.101. The zero-order valence-electron chi connectivity index (χ0n) is 17.1. The molecule has 3 rings (SSSR count). The molecule has 0 radical (unpaired) electrons. The van der Waals surface area contributed by atoms with Gasteiger partial charge in [0.25, 0.3) is 5.91 Å². The summed E-state index contributed by atoms with van der Waals surface area (Å²) < 4.78 is 7.30. The maximum atomic E-state index is 12.7. The molecule has 6 nitrogen and oxygen atoms in total. The van der Waals surface area contributed by atoms with Crippen molar-refractivity contribution in [3.05, 3.63) is 65.9 Å². The third-order valence-corrected chi connectivity index (χ3v) is 4.20. The van der Waals surface area contributed by atoms with Crippen molar-refractivity contribution in [3.8, 4) is 23.1 Å². The van der Waals surface area contributed by atoms with Gasteiger partial charge in [-0.25, -0.2) is 0 Å². The van der Waals surface area contributed by atoms with Crippen molar-refractivity contribution in [1.82, 2.24) is 9.78 Å². The van der Waals surface area contributed by atoms with E-state index < -0.39 is 0 Å². The maximum Gasteiger partial charge on any atom is 0.273 e. The van der Waals surface area contributed by atoms with Gasteiger partial charge in [-0.3, -0.25) is 9.48 Å². The summed E-state index contributed by atoms with van der Waals surface area (Å²) in [6.45, 7) is 6.67. The molecule has 0 bridgehead atoms. The number of anilines is 1. The Bertz CT molecular complexity index is 1060. The van der Waals surface area contributed by atoms with Gasteiger partial charge in [-0.15, -0.1) is 0 Å². The van der Waals surface area contributed by atoms with Gasteiger partial charge in [-0.2, -0.15) is 10.4 Å². The van der Waals surface area contributed by atoms with Gasteiger partial charge in [0.05, 0.1) is 17.9 Å². The van der Waals surface area contributed by atoms with E-state index in [1.54, 1.807) is 36.0 Å². The summed E-state index contributed by atoms with van der Waals surface area (Å²) in [7, 11) is 1.73. The minimum Gasteiger partial charge on any atom is -0.492 e. The molecule has 0 aliphatic heterocycles. The van der Waals surface area contributed by atoms with Crippen LogP contribution in [0.2, 0.25) is 0 Å². The number of nitriles is 1. The molecule has 0 unspecified atom stereocenters. The van der Waals surface area contributed by atoms with Crippen LogP contribution in [-0.4, -0.2) is 22.3 Å². The first-order valence-corrected chi connectivity index (χ1v) is 9.34. The molecule has 1 aromatic heterocycles. The van der Waals surface area contributed by atoms with Crippen molar-refractivity contribution in [1.29, 1.82) is 5.26 Å². The average molecular weight is 388 g/mol. The van der Waals surface area contributed by atoms with E-state index in [1.165, 1.54) is 0 Å². The van der Waals surface area contributed by atoms with Crippen LogP contribution in [-0.2, 0) is 7.05 Å². The number of carbonyl (C=O) groups excluding carboxylic acids is 1. The molecular formula is C23H24N4O2. The number of amides is 1. The normalized spacial score (nSPS) is 11.0. The monoisotopic (exact) mass is 388 g/mol. The number of hydrogen-bond donors (Lipinski definition) is 1. The Kier molecular flexibility index (Phi) is 5.69. The molecule has 1 amide bonds. The van der Waals surface area contributed by atoms with Crippen LogP contribution < -0.4 is 10.1 Å². The number of ether oxygens (including phenoxy) is 1. The predicted molar refractivity (Wildman–Crippen MR) is 113 cm³/mol. The van der Waals surface area contributed by atoms with Gasteiger partial charge in [0.1, 0.15) is 17.5 Å². The third kappa shape index (κ3) is 5.02. The molecule has 29 heavy (non-hydrogen) atoms. The van der Waals surface area contributed by atoms with Crippen molar-refractivity contribution in [2.24, 2.45) is 12.5 Å². The smallest absolute Gasteiger partial charge is 0.273 e. The lowest BCUT2D eigenvalue weighted by Crippen LogP contribution is -2.18. The van der Waals surface area contributed by atoms with E-state index in [4.69, 9.17) is 4.74 Å². The van der Waals surface area contributed by atoms with Gasteiger partial charge in [-0.05, 0) is 29.7 Å². The number of benzene rings is 2. The molecule has 148 valence electrons. The molecule has 1 heterocycles. The van der Waals surface area contributed by atoms with E-state index in [2.05, 4.69) is 37.3 Å². The van der Waals surface area contributed by atoms with Crippen molar-refractivity contribution in [2.45, 2.75) is 20.8 Å². The van der Waals surface area contributed by atoms with E-state index in [-0.39, 0.29) is 11.3 Å². The Balaban J connectivity index is 1.77. The third-order valence-electron chi connectivity index (χ3n) is 4.20. The Morgan fingerprint density at radius 2 is 1.90 bits per heavy atom. The summed E-state index contributed by atoms with van der Waals surface area (Å²) >= 11 is 0. The zero-order valence-corrected chi connectivity index (χ0v) is 17.1. The van der Waals surface area contributed by atoms with Crippen LogP contribution in [0.1, 0.15) is 36.8 Å². The second-order valence-electron chi connectivity index (χ2n) is 8.03. The summed E-state index contributed by atoms with van der Waals surface area (Å²) in [6.07, 6.45) is 0. The highest BCUT2D eigenvalue weighted by Gasteiger charge is 2.16. The number of rotatable bonds is 5. The van der Waals surface area contributed by atoms with E-state index in [0.717, 1.165) is 11.3 Å². The predicted octanol–water partition coefficient (Wildman–Crippen LogP) is 4.64. The fraction of sp³-hybridized carbons (Fsp3) is 0.261. The largest absolute Gasteiger partial charge is 0.492 e. The molecule has 0 aliphatic carbocycles. The number of aromatic nitrogens is 2. The molecule has 0 saturated heterocycles. The average Bonchev–Trinajstić information content (AvgIpc) is 3.08. The van der Waals surface area contributed by atoms with Crippen LogP contribution >= 0.6 is 0 Å². The highest BCUT2D eigenvalue weighted by atomic mass is 16.5. The van der Waals surface area contributed by atoms with Crippen LogP contribution in [0.3, 0.4) is 0 Å². The molecular weight excluding hydrogens is 364 g/mol.